The van der Waals surface area contributed by atoms with Crippen LogP contribution in [0.25, 0.3) is 0 Å². The van der Waals surface area contributed by atoms with Gasteiger partial charge in [0, 0.05) is 5.02 Å². The van der Waals surface area contributed by atoms with Gasteiger partial charge >= 0.3 is 5.97 Å². The molecule has 4 nitrogen and oxygen atoms in total. The van der Waals surface area contributed by atoms with Crippen molar-refractivity contribution in [1.29, 1.82) is 0 Å². The van der Waals surface area contributed by atoms with Gasteiger partial charge in [-0.05, 0) is 38.5 Å². The van der Waals surface area contributed by atoms with E-state index in [4.69, 9.17) is 16.7 Å². The quantitative estimate of drug-likeness (QED) is 0.881. The van der Waals surface area contributed by atoms with E-state index in [1.165, 1.54) is 6.92 Å². The Labute approximate surface area is 111 Å². The Kier molecular flexibility index (Phi) is 4.35. The number of carboxylic acid groups (broad SMARTS) is 1. The fourth-order valence-corrected chi connectivity index (χ4v) is 1.56. The van der Waals surface area contributed by atoms with Crippen LogP contribution in [0.3, 0.4) is 0 Å². The number of hydrogen-bond acceptors (Lipinski definition) is 2. The van der Waals surface area contributed by atoms with Crippen molar-refractivity contribution in [2.24, 2.45) is 0 Å². The summed E-state index contributed by atoms with van der Waals surface area (Å²) in [6.45, 7) is 4.90. The summed E-state index contributed by atoms with van der Waals surface area (Å²) in [7, 11) is 0. The van der Waals surface area contributed by atoms with E-state index in [9.17, 15) is 9.59 Å². The zero-order valence-electron chi connectivity index (χ0n) is 10.5. The summed E-state index contributed by atoms with van der Waals surface area (Å²) in [6.07, 6.45) is 0. The molecule has 1 aromatic carbocycles. The summed E-state index contributed by atoms with van der Waals surface area (Å²) >= 11 is 5.79. The molecule has 0 aliphatic heterocycles. The fraction of sp³-hybridized carbons (Fsp3) is 0.385. The summed E-state index contributed by atoms with van der Waals surface area (Å²) in [5, 5.41) is 11.8. The average Bonchev–Trinajstić information content (AvgIpc) is 2.29. The highest BCUT2D eigenvalue weighted by Gasteiger charge is 2.31. The minimum Gasteiger partial charge on any atom is -0.480 e. The van der Waals surface area contributed by atoms with Crippen LogP contribution in [-0.2, 0) is 15.0 Å². The van der Waals surface area contributed by atoms with Crippen LogP contribution in [0, 0.1) is 0 Å². The molecule has 98 valence electrons. The van der Waals surface area contributed by atoms with Crippen molar-refractivity contribution in [3.63, 3.8) is 0 Å². The minimum atomic E-state index is -1.06. The summed E-state index contributed by atoms with van der Waals surface area (Å²) < 4.78 is 0. The predicted molar refractivity (Wildman–Crippen MR) is 69.7 cm³/mol. The second kappa shape index (κ2) is 5.40. The largest absolute Gasteiger partial charge is 0.480 e. The van der Waals surface area contributed by atoms with Crippen LogP contribution in [-0.4, -0.2) is 23.0 Å². The number of carbonyl (C=O) groups excluding carboxylic acids is 1. The van der Waals surface area contributed by atoms with Crippen molar-refractivity contribution in [3.05, 3.63) is 34.9 Å². The first kappa shape index (κ1) is 14.5. The van der Waals surface area contributed by atoms with Crippen molar-refractivity contribution in [2.75, 3.05) is 0 Å². The summed E-state index contributed by atoms with van der Waals surface area (Å²) in [5.74, 6) is -1.39. The van der Waals surface area contributed by atoms with Crippen LogP contribution in [0.15, 0.2) is 24.3 Å². The molecule has 18 heavy (non-hydrogen) atoms. The molecule has 0 fully saturated rings. The highest BCUT2D eigenvalue weighted by molar-refractivity contribution is 6.30. The Morgan fingerprint density at radius 2 is 1.78 bits per heavy atom. The number of halogens is 1. The molecule has 0 unspecified atom stereocenters. The number of carboxylic acids is 1. The number of carbonyl (C=O) groups is 2. The van der Waals surface area contributed by atoms with Crippen LogP contribution in [0.4, 0.5) is 0 Å². The average molecular weight is 270 g/mol. The van der Waals surface area contributed by atoms with Gasteiger partial charge in [-0.15, -0.1) is 0 Å². The van der Waals surface area contributed by atoms with E-state index >= 15 is 0 Å². The monoisotopic (exact) mass is 269 g/mol. The van der Waals surface area contributed by atoms with Gasteiger partial charge in [0.2, 0.25) is 5.91 Å². The normalized spacial score (nSPS) is 12.9. The van der Waals surface area contributed by atoms with E-state index in [0.29, 0.717) is 5.02 Å². The second-order valence-corrected chi connectivity index (χ2v) is 5.10. The highest BCUT2D eigenvalue weighted by atomic mass is 35.5. The van der Waals surface area contributed by atoms with E-state index in [1.807, 2.05) is 0 Å². The van der Waals surface area contributed by atoms with Crippen molar-refractivity contribution in [3.8, 4) is 0 Å². The summed E-state index contributed by atoms with van der Waals surface area (Å²) in [4.78, 5) is 22.8. The van der Waals surface area contributed by atoms with Gasteiger partial charge in [0.1, 0.15) is 6.04 Å². The molecule has 0 bridgehead atoms. The van der Waals surface area contributed by atoms with E-state index in [1.54, 1.807) is 38.1 Å². The molecular weight excluding hydrogens is 254 g/mol. The van der Waals surface area contributed by atoms with E-state index in [0.717, 1.165) is 5.56 Å². The van der Waals surface area contributed by atoms with Crippen molar-refractivity contribution in [1.82, 2.24) is 5.32 Å². The SMILES string of the molecule is C[C@@H](NC(=O)C(C)(C)c1ccc(Cl)cc1)C(=O)O. The zero-order valence-corrected chi connectivity index (χ0v) is 11.3. The number of aliphatic carboxylic acids is 1. The number of nitrogens with one attached hydrogen (secondary N) is 1. The lowest BCUT2D eigenvalue weighted by Crippen LogP contribution is -2.46. The summed E-state index contributed by atoms with van der Waals surface area (Å²) in [6, 6.07) is 6.00. The lowest BCUT2D eigenvalue weighted by atomic mass is 9.83. The van der Waals surface area contributed by atoms with Gasteiger partial charge in [-0.1, -0.05) is 23.7 Å². The van der Waals surface area contributed by atoms with Crippen molar-refractivity contribution >= 4 is 23.5 Å². The molecule has 0 aliphatic carbocycles. The van der Waals surface area contributed by atoms with Gasteiger partial charge in [0.25, 0.3) is 0 Å². The van der Waals surface area contributed by atoms with Gasteiger partial charge in [0.15, 0.2) is 0 Å². The molecule has 0 heterocycles. The molecule has 2 N–H and O–H groups in total. The van der Waals surface area contributed by atoms with Crippen molar-refractivity contribution in [2.45, 2.75) is 32.2 Å². The van der Waals surface area contributed by atoms with Crippen LogP contribution in [0.1, 0.15) is 26.3 Å². The lowest BCUT2D eigenvalue weighted by Gasteiger charge is -2.25. The molecule has 1 rings (SSSR count). The molecule has 0 saturated carbocycles. The summed E-state index contributed by atoms with van der Waals surface area (Å²) in [5.41, 5.74) is -0.0316. The molecule has 0 saturated heterocycles. The van der Waals surface area contributed by atoms with Crippen LogP contribution in [0.2, 0.25) is 5.02 Å². The van der Waals surface area contributed by atoms with E-state index in [-0.39, 0.29) is 5.91 Å². The molecular formula is C13H16ClNO3. The Balaban J connectivity index is 2.89. The fourth-order valence-electron chi connectivity index (χ4n) is 1.44. The first-order chi connectivity index (χ1) is 8.25. The van der Waals surface area contributed by atoms with Crippen molar-refractivity contribution < 1.29 is 14.7 Å². The predicted octanol–water partition coefficient (Wildman–Crippen LogP) is 2.21. The van der Waals surface area contributed by atoms with Gasteiger partial charge in [-0.2, -0.15) is 0 Å². The molecule has 0 aliphatic rings. The number of hydrogen-bond donors (Lipinski definition) is 2. The third-order valence-corrected chi connectivity index (χ3v) is 3.10. The maximum Gasteiger partial charge on any atom is 0.325 e. The Bertz CT molecular complexity index is 454. The minimum absolute atomic E-state index is 0.334. The highest BCUT2D eigenvalue weighted by Crippen LogP contribution is 2.25. The maximum atomic E-state index is 12.1. The molecule has 1 atom stereocenters. The van der Waals surface area contributed by atoms with E-state index < -0.39 is 17.4 Å². The first-order valence-corrected chi connectivity index (χ1v) is 5.92. The second-order valence-electron chi connectivity index (χ2n) is 4.67. The third kappa shape index (κ3) is 3.23. The number of rotatable bonds is 4. The molecule has 0 spiro atoms. The third-order valence-electron chi connectivity index (χ3n) is 2.85. The molecule has 0 aromatic heterocycles. The molecule has 1 amide bonds. The Morgan fingerprint density at radius 1 is 1.28 bits per heavy atom. The van der Waals surface area contributed by atoms with Gasteiger partial charge in [-0.3, -0.25) is 9.59 Å². The number of amides is 1. The molecule has 1 aromatic rings. The molecule has 0 radical (unpaired) electrons. The topological polar surface area (TPSA) is 66.4 Å². The standard InChI is InChI=1S/C13H16ClNO3/c1-8(11(16)17)15-12(18)13(2,3)9-4-6-10(14)7-5-9/h4-8H,1-3H3,(H,15,18)(H,16,17)/t8-/m1/s1. The van der Waals surface area contributed by atoms with E-state index in [2.05, 4.69) is 5.32 Å². The maximum absolute atomic E-state index is 12.1. The van der Waals surface area contributed by atoms with Gasteiger partial charge < -0.3 is 10.4 Å². The smallest absolute Gasteiger partial charge is 0.325 e. The first-order valence-electron chi connectivity index (χ1n) is 5.55. The zero-order chi connectivity index (χ0) is 13.9. The van der Waals surface area contributed by atoms with Gasteiger partial charge in [0.05, 0.1) is 5.41 Å². The lowest BCUT2D eigenvalue weighted by molar-refractivity contribution is -0.142. The molecule has 5 heteroatoms. The van der Waals surface area contributed by atoms with Crippen LogP contribution >= 0.6 is 11.6 Å². The van der Waals surface area contributed by atoms with Crippen LogP contribution in [0.5, 0.6) is 0 Å². The Hall–Kier alpha value is -1.55. The Morgan fingerprint density at radius 3 is 2.22 bits per heavy atom. The van der Waals surface area contributed by atoms with Gasteiger partial charge in [-0.25, -0.2) is 0 Å². The van der Waals surface area contributed by atoms with Crippen LogP contribution < -0.4 is 5.32 Å². The number of benzene rings is 1.